The van der Waals surface area contributed by atoms with Crippen LogP contribution in [-0.4, -0.2) is 0 Å². The van der Waals surface area contributed by atoms with Crippen molar-refractivity contribution < 1.29 is 4.42 Å². The van der Waals surface area contributed by atoms with Crippen LogP contribution in [0.5, 0.6) is 0 Å². The molecule has 0 aliphatic heterocycles. The van der Waals surface area contributed by atoms with Gasteiger partial charge in [-0.25, -0.2) is 0 Å². The summed E-state index contributed by atoms with van der Waals surface area (Å²) in [5.74, 6) is 0. The second-order valence-corrected chi connectivity index (χ2v) is 13.8. The van der Waals surface area contributed by atoms with Gasteiger partial charge in [-0.1, -0.05) is 152 Å². The van der Waals surface area contributed by atoms with Gasteiger partial charge < -0.3 is 9.32 Å². The van der Waals surface area contributed by atoms with Crippen molar-refractivity contribution in [2.75, 3.05) is 4.90 Å². The Morgan fingerprint density at radius 1 is 0.340 bits per heavy atom. The lowest BCUT2D eigenvalue weighted by Crippen LogP contribution is -2.09. The van der Waals surface area contributed by atoms with E-state index in [9.17, 15) is 0 Å². The number of para-hydroxylation sites is 2. The third kappa shape index (κ3) is 5.35. The smallest absolute Gasteiger partial charge is 0.143 e. The first-order chi connectivity index (χ1) is 26.2. The van der Waals surface area contributed by atoms with Crippen molar-refractivity contribution in [3.05, 3.63) is 200 Å². The van der Waals surface area contributed by atoms with Gasteiger partial charge in [0.05, 0.1) is 0 Å². The van der Waals surface area contributed by atoms with Crippen LogP contribution >= 0.6 is 0 Å². The number of fused-ring (bicyclic) bond motifs is 6. The summed E-state index contributed by atoms with van der Waals surface area (Å²) >= 11 is 0. The Hall–Kier alpha value is -6.90. The zero-order chi connectivity index (χ0) is 35.3. The maximum absolute atomic E-state index is 6.52. The van der Waals surface area contributed by atoms with Crippen LogP contribution in [0.1, 0.15) is 5.56 Å². The van der Waals surface area contributed by atoms with Gasteiger partial charge in [-0.05, 0) is 104 Å². The largest absolute Gasteiger partial charge is 0.455 e. The molecule has 250 valence electrons. The van der Waals surface area contributed by atoms with Crippen LogP contribution in [0.3, 0.4) is 0 Å². The maximum atomic E-state index is 6.52. The summed E-state index contributed by atoms with van der Waals surface area (Å²) in [7, 11) is 0. The minimum Gasteiger partial charge on any atom is -0.455 e. The second kappa shape index (κ2) is 12.7. The lowest BCUT2D eigenvalue weighted by molar-refractivity contribution is 0.667. The highest BCUT2D eigenvalue weighted by atomic mass is 16.3. The number of rotatable bonds is 6. The molecule has 2 nitrogen and oxygen atoms in total. The molecule has 0 N–H and O–H groups in total. The van der Waals surface area contributed by atoms with Crippen molar-refractivity contribution in [2.24, 2.45) is 0 Å². The molecule has 1 aromatic heterocycles. The highest BCUT2D eigenvalue weighted by molar-refractivity contribution is 6.14. The number of nitrogens with zero attached hydrogens (tertiary/aromatic N) is 1. The van der Waals surface area contributed by atoms with Crippen molar-refractivity contribution in [3.8, 4) is 33.4 Å². The third-order valence-electron chi connectivity index (χ3n) is 10.6. The number of anilines is 3. The zero-order valence-corrected chi connectivity index (χ0v) is 29.3. The average Bonchev–Trinajstić information content (AvgIpc) is 3.62. The van der Waals surface area contributed by atoms with Gasteiger partial charge in [-0.15, -0.1) is 0 Å². The summed E-state index contributed by atoms with van der Waals surface area (Å²) in [6.07, 6.45) is 0. The quantitative estimate of drug-likeness (QED) is 0.163. The minimum absolute atomic E-state index is 0.926. The number of hydrogen-bond acceptors (Lipinski definition) is 2. The molecule has 0 aliphatic carbocycles. The molecule has 0 unspecified atom stereocenters. The highest BCUT2D eigenvalue weighted by Gasteiger charge is 2.17. The van der Waals surface area contributed by atoms with Crippen LogP contribution in [0.15, 0.2) is 199 Å². The van der Waals surface area contributed by atoms with E-state index in [4.69, 9.17) is 4.42 Å². The fourth-order valence-corrected chi connectivity index (χ4v) is 7.94. The molecule has 0 aliphatic rings. The van der Waals surface area contributed by atoms with Crippen molar-refractivity contribution in [1.29, 1.82) is 0 Å². The van der Waals surface area contributed by atoms with Gasteiger partial charge in [0.2, 0.25) is 0 Å². The van der Waals surface area contributed by atoms with E-state index in [-0.39, 0.29) is 0 Å². The van der Waals surface area contributed by atoms with Crippen molar-refractivity contribution in [2.45, 2.75) is 6.92 Å². The molecule has 2 heteroatoms. The Labute approximate surface area is 308 Å². The molecule has 10 rings (SSSR count). The molecule has 53 heavy (non-hydrogen) atoms. The molecule has 10 aromatic rings. The van der Waals surface area contributed by atoms with Crippen molar-refractivity contribution >= 4 is 60.5 Å². The molecule has 0 saturated heterocycles. The standard InChI is InChI=1S/C51H35NO/c1-34-11-9-19-47-48-20-10-18-44(51(48)53-50(34)47)37-23-29-41(30-24-37)52(40-27-21-36(22-28-40)35-12-3-2-4-13-35)42-31-25-38(26-32-42)49-33-39-14-5-6-15-43(39)45-16-7-8-17-46(45)49/h2-33H,1H3. The Morgan fingerprint density at radius 3 is 1.51 bits per heavy atom. The SMILES string of the molecule is Cc1cccc2c1oc1c(-c3ccc(N(c4ccc(-c5ccccc5)cc4)c4ccc(-c5cc6ccccc6c6ccccc56)cc4)cc3)cccc12. The lowest BCUT2D eigenvalue weighted by Gasteiger charge is -2.26. The molecule has 0 bridgehead atoms. The number of aryl methyl sites for hydroxylation is 1. The van der Waals surface area contributed by atoms with E-state index in [1.165, 1.54) is 43.8 Å². The summed E-state index contributed by atoms with van der Waals surface area (Å²) < 4.78 is 6.52. The average molecular weight is 678 g/mol. The fraction of sp³-hybridized carbons (Fsp3) is 0.0196. The van der Waals surface area contributed by atoms with Crippen LogP contribution < -0.4 is 4.90 Å². The van der Waals surface area contributed by atoms with E-state index in [0.29, 0.717) is 0 Å². The molecule has 0 spiro atoms. The van der Waals surface area contributed by atoms with Crippen LogP contribution in [-0.2, 0) is 0 Å². The normalized spacial score (nSPS) is 11.5. The molecular formula is C51H35NO. The lowest BCUT2D eigenvalue weighted by atomic mass is 9.93. The van der Waals surface area contributed by atoms with E-state index >= 15 is 0 Å². The van der Waals surface area contributed by atoms with Gasteiger partial charge in [-0.3, -0.25) is 0 Å². The first-order valence-electron chi connectivity index (χ1n) is 18.2. The minimum atomic E-state index is 0.926. The number of benzene rings is 9. The molecule has 1 heterocycles. The van der Waals surface area contributed by atoms with Gasteiger partial charge in [0.1, 0.15) is 11.2 Å². The van der Waals surface area contributed by atoms with E-state index in [2.05, 4.69) is 206 Å². The topological polar surface area (TPSA) is 16.4 Å². The Morgan fingerprint density at radius 2 is 0.830 bits per heavy atom. The molecule has 0 fully saturated rings. The third-order valence-corrected chi connectivity index (χ3v) is 10.6. The summed E-state index contributed by atoms with van der Waals surface area (Å²) in [5, 5.41) is 7.37. The molecule has 0 radical (unpaired) electrons. The summed E-state index contributed by atoms with van der Waals surface area (Å²) in [6.45, 7) is 2.11. The summed E-state index contributed by atoms with van der Waals surface area (Å²) in [4.78, 5) is 2.34. The monoisotopic (exact) mass is 677 g/mol. The van der Waals surface area contributed by atoms with Crippen LogP contribution in [0, 0.1) is 6.92 Å². The molecule has 0 atom stereocenters. The van der Waals surface area contributed by atoms with E-state index < -0.39 is 0 Å². The Balaban J connectivity index is 1.07. The van der Waals surface area contributed by atoms with Crippen molar-refractivity contribution in [1.82, 2.24) is 0 Å². The van der Waals surface area contributed by atoms with Gasteiger partial charge in [0.15, 0.2) is 0 Å². The van der Waals surface area contributed by atoms with Crippen molar-refractivity contribution in [3.63, 3.8) is 0 Å². The first kappa shape index (κ1) is 30.9. The van der Waals surface area contributed by atoms with Gasteiger partial charge in [0.25, 0.3) is 0 Å². The number of furan rings is 1. The van der Waals surface area contributed by atoms with Gasteiger partial charge in [-0.2, -0.15) is 0 Å². The van der Waals surface area contributed by atoms with Gasteiger partial charge >= 0.3 is 0 Å². The predicted molar refractivity (Wildman–Crippen MR) is 224 cm³/mol. The predicted octanol–water partition coefficient (Wildman–Crippen LogP) is 14.7. The highest BCUT2D eigenvalue weighted by Crippen LogP contribution is 2.41. The van der Waals surface area contributed by atoms with E-state index in [1.807, 2.05) is 0 Å². The maximum Gasteiger partial charge on any atom is 0.143 e. The summed E-state index contributed by atoms with van der Waals surface area (Å²) in [6, 6.07) is 69.8. The molecular weight excluding hydrogens is 643 g/mol. The Kier molecular flexibility index (Phi) is 7.40. The van der Waals surface area contributed by atoms with Crippen LogP contribution in [0.25, 0.3) is 76.9 Å². The first-order valence-corrected chi connectivity index (χ1v) is 18.2. The second-order valence-electron chi connectivity index (χ2n) is 13.8. The molecule has 0 amide bonds. The van der Waals surface area contributed by atoms with E-state index in [0.717, 1.165) is 55.7 Å². The molecule has 0 saturated carbocycles. The van der Waals surface area contributed by atoms with Crippen LogP contribution in [0.2, 0.25) is 0 Å². The number of hydrogen-bond donors (Lipinski definition) is 0. The Bertz CT molecular complexity index is 2920. The zero-order valence-electron chi connectivity index (χ0n) is 29.3. The fourth-order valence-electron chi connectivity index (χ4n) is 7.94. The van der Waals surface area contributed by atoms with Crippen LogP contribution in [0.4, 0.5) is 17.1 Å². The summed E-state index contributed by atoms with van der Waals surface area (Å²) in [5.41, 5.74) is 13.3. The molecule has 9 aromatic carbocycles. The van der Waals surface area contributed by atoms with Gasteiger partial charge in [0, 0.05) is 33.4 Å². The van der Waals surface area contributed by atoms with E-state index in [1.54, 1.807) is 0 Å².